The van der Waals surface area contributed by atoms with E-state index in [1.807, 2.05) is 17.0 Å². The molecule has 2 aromatic heterocycles. The van der Waals surface area contributed by atoms with Crippen LogP contribution in [0.4, 0.5) is 10.9 Å². The van der Waals surface area contributed by atoms with E-state index in [1.165, 1.54) is 11.3 Å². The minimum atomic E-state index is -0.967. The molecule has 3 heterocycles. The zero-order chi connectivity index (χ0) is 21.5. The van der Waals surface area contributed by atoms with Crippen molar-refractivity contribution >= 4 is 44.5 Å². The Labute approximate surface area is 177 Å². The van der Waals surface area contributed by atoms with Gasteiger partial charge in [0.25, 0.3) is 5.91 Å². The molecule has 1 aromatic carbocycles. The Kier molecular flexibility index (Phi) is 5.17. The minimum absolute atomic E-state index is 0.291. The quantitative estimate of drug-likeness (QED) is 0.574. The number of carboxylic acids is 1. The van der Waals surface area contributed by atoms with Gasteiger partial charge in [-0.15, -0.1) is 0 Å². The van der Waals surface area contributed by atoms with Gasteiger partial charge in [-0.2, -0.15) is 0 Å². The second-order valence-electron chi connectivity index (χ2n) is 7.87. The molecule has 4 rings (SSSR count). The first-order chi connectivity index (χ1) is 14.2. The van der Waals surface area contributed by atoms with Gasteiger partial charge in [-0.05, 0) is 50.1 Å². The lowest BCUT2D eigenvalue weighted by Crippen LogP contribution is -2.23. The lowest BCUT2D eigenvalue weighted by molar-refractivity contribution is -0.140. The zero-order valence-electron chi connectivity index (χ0n) is 16.6. The molecule has 1 aliphatic rings. The summed E-state index contributed by atoms with van der Waals surface area (Å²) in [5, 5.41) is 22.4. The molecule has 1 fully saturated rings. The van der Waals surface area contributed by atoms with Crippen molar-refractivity contribution < 1.29 is 19.8 Å². The van der Waals surface area contributed by atoms with Gasteiger partial charge in [-0.3, -0.25) is 14.9 Å². The number of aliphatic hydroxyl groups is 1. The fraction of sp³-hybridized carbons (Fsp3) is 0.333. The Morgan fingerprint density at radius 2 is 1.90 bits per heavy atom. The van der Waals surface area contributed by atoms with E-state index in [-0.39, 0.29) is 11.8 Å². The van der Waals surface area contributed by atoms with Gasteiger partial charge in [0.05, 0.1) is 11.5 Å². The molecule has 0 unspecified atom stereocenters. The topological polar surface area (TPSA) is 116 Å². The van der Waals surface area contributed by atoms with Gasteiger partial charge in [0.2, 0.25) is 0 Å². The number of hydrogen-bond acceptors (Lipinski definition) is 7. The molecule has 0 saturated carbocycles. The summed E-state index contributed by atoms with van der Waals surface area (Å²) in [6.07, 6.45) is 0.602. The van der Waals surface area contributed by atoms with Gasteiger partial charge < -0.3 is 15.1 Å². The molecule has 3 aromatic rings. The number of benzene rings is 1. The highest BCUT2D eigenvalue weighted by Gasteiger charge is 2.29. The third kappa shape index (κ3) is 4.12. The van der Waals surface area contributed by atoms with Gasteiger partial charge in [-0.25, -0.2) is 9.97 Å². The fourth-order valence-electron chi connectivity index (χ4n) is 3.41. The first-order valence-electron chi connectivity index (χ1n) is 9.60. The predicted octanol–water partition coefficient (Wildman–Crippen LogP) is 3.08. The molecule has 1 aliphatic heterocycles. The second kappa shape index (κ2) is 7.66. The highest BCUT2D eigenvalue weighted by molar-refractivity contribution is 7.22. The van der Waals surface area contributed by atoms with E-state index in [4.69, 9.17) is 0 Å². The van der Waals surface area contributed by atoms with Crippen LogP contribution in [0, 0.1) is 5.92 Å². The maximum Gasteiger partial charge on any atom is 0.308 e. The predicted molar refractivity (Wildman–Crippen MR) is 115 cm³/mol. The SMILES string of the molecule is CC(C)(O)c1ccc(C(=O)Nc2nc3ccc(N4CC[C@H](C(=O)O)C4)nc3s2)cc1. The lowest BCUT2D eigenvalue weighted by atomic mass is 9.97. The number of carbonyl (C=O) groups is 2. The smallest absolute Gasteiger partial charge is 0.308 e. The number of fused-ring (bicyclic) bond motifs is 1. The first-order valence-corrected chi connectivity index (χ1v) is 10.4. The molecule has 0 aliphatic carbocycles. The monoisotopic (exact) mass is 426 g/mol. The maximum atomic E-state index is 12.5. The Morgan fingerprint density at radius 3 is 2.53 bits per heavy atom. The van der Waals surface area contributed by atoms with Crippen molar-refractivity contribution in [3.63, 3.8) is 0 Å². The molecule has 1 amide bonds. The van der Waals surface area contributed by atoms with Gasteiger partial charge >= 0.3 is 5.97 Å². The van der Waals surface area contributed by atoms with Crippen molar-refractivity contribution in [2.45, 2.75) is 25.9 Å². The molecular weight excluding hydrogens is 404 g/mol. The number of thiazole rings is 1. The highest BCUT2D eigenvalue weighted by Crippen LogP contribution is 2.29. The van der Waals surface area contributed by atoms with Crippen LogP contribution in [0.15, 0.2) is 36.4 Å². The van der Waals surface area contributed by atoms with Crippen LogP contribution >= 0.6 is 11.3 Å². The number of hydrogen-bond donors (Lipinski definition) is 3. The molecule has 30 heavy (non-hydrogen) atoms. The van der Waals surface area contributed by atoms with E-state index in [0.29, 0.717) is 40.6 Å². The average Bonchev–Trinajstić information content (AvgIpc) is 3.33. The summed E-state index contributed by atoms with van der Waals surface area (Å²) in [6, 6.07) is 10.4. The second-order valence-corrected chi connectivity index (χ2v) is 8.85. The third-order valence-corrected chi connectivity index (χ3v) is 6.06. The zero-order valence-corrected chi connectivity index (χ0v) is 17.4. The van der Waals surface area contributed by atoms with Gasteiger partial charge in [-0.1, -0.05) is 23.5 Å². The summed E-state index contributed by atoms with van der Waals surface area (Å²) in [6.45, 7) is 4.47. The average molecular weight is 426 g/mol. The normalized spacial score (nSPS) is 16.8. The largest absolute Gasteiger partial charge is 0.481 e. The van der Waals surface area contributed by atoms with Crippen LogP contribution in [0.25, 0.3) is 10.3 Å². The molecule has 0 bridgehead atoms. The molecule has 0 radical (unpaired) electrons. The standard InChI is InChI=1S/C21H22N4O4S/c1-21(2,29)14-5-3-12(4-6-14)17(26)24-20-22-15-7-8-16(23-18(15)30-20)25-10-9-13(11-25)19(27)28/h3-8,13,29H,9-11H2,1-2H3,(H,27,28)(H,22,24,26)/t13-/m0/s1. The molecule has 0 spiro atoms. The number of nitrogens with one attached hydrogen (secondary N) is 1. The fourth-order valence-corrected chi connectivity index (χ4v) is 4.23. The van der Waals surface area contributed by atoms with Gasteiger partial charge in [0.1, 0.15) is 16.2 Å². The van der Waals surface area contributed by atoms with Crippen LogP contribution in [-0.2, 0) is 10.4 Å². The van der Waals surface area contributed by atoms with Crippen LogP contribution in [0.2, 0.25) is 0 Å². The van der Waals surface area contributed by atoms with E-state index >= 15 is 0 Å². The van der Waals surface area contributed by atoms with Crippen molar-refractivity contribution in [3.05, 3.63) is 47.5 Å². The Hall–Kier alpha value is -3.04. The van der Waals surface area contributed by atoms with Crippen molar-refractivity contribution in [1.82, 2.24) is 9.97 Å². The molecule has 156 valence electrons. The van der Waals surface area contributed by atoms with E-state index in [0.717, 1.165) is 11.4 Å². The summed E-state index contributed by atoms with van der Waals surface area (Å²) >= 11 is 1.27. The molecule has 8 nitrogen and oxygen atoms in total. The molecule has 1 atom stereocenters. The van der Waals surface area contributed by atoms with Crippen molar-refractivity contribution in [3.8, 4) is 0 Å². The van der Waals surface area contributed by atoms with E-state index < -0.39 is 11.6 Å². The van der Waals surface area contributed by atoms with Crippen LogP contribution in [-0.4, -0.2) is 45.1 Å². The number of rotatable bonds is 5. The Balaban J connectivity index is 1.49. The van der Waals surface area contributed by atoms with E-state index in [9.17, 15) is 19.8 Å². The van der Waals surface area contributed by atoms with Crippen LogP contribution in [0.3, 0.4) is 0 Å². The lowest BCUT2D eigenvalue weighted by Gasteiger charge is -2.17. The van der Waals surface area contributed by atoms with Crippen LogP contribution in [0.5, 0.6) is 0 Å². The number of amides is 1. The van der Waals surface area contributed by atoms with Gasteiger partial charge in [0, 0.05) is 18.7 Å². The summed E-state index contributed by atoms with van der Waals surface area (Å²) in [7, 11) is 0. The number of anilines is 2. The summed E-state index contributed by atoms with van der Waals surface area (Å²) < 4.78 is 0. The first kappa shape index (κ1) is 20.2. The third-order valence-electron chi connectivity index (χ3n) is 5.18. The van der Waals surface area contributed by atoms with E-state index in [2.05, 4.69) is 15.3 Å². The number of aromatic nitrogens is 2. The van der Waals surface area contributed by atoms with Crippen molar-refractivity contribution in [2.24, 2.45) is 5.92 Å². The molecule has 3 N–H and O–H groups in total. The number of pyridine rings is 1. The number of carboxylic acid groups (broad SMARTS) is 1. The van der Waals surface area contributed by atoms with Crippen LogP contribution < -0.4 is 10.2 Å². The number of carbonyl (C=O) groups excluding carboxylic acids is 1. The highest BCUT2D eigenvalue weighted by atomic mass is 32.1. The number of nitrogens with zero attached hydrogens (tertiary/aromatic N) is 3. The van der Waals surface area contributed by atoms with Crippen molar-refractivity contribution in [2.75, 3.05) is 23.3 Å². The van der Waals surface area contributed by atoms with Crippen LogP contribution in [0.1, 0.15) is 36.2 Å². The Bertz CT molecular complexity index is 1100. The van der Waals surface area contributed by atoms with Crippen molar-refractivity contribution in [1.29, 1.82) is 0 Å². The molecular formula is C21H22N4O4S. The minimum Gasteiger partial charge on any atom is -0.481 e. The Morgan fingerprint density at radius 1 is 1.17 bits per heavy atom. The van der Waals surface area contributed by atoms with Gasteiger partial charge in [0.15, 0.2) is 5.13 Å². The maximum absolute atomic E-state index is 12.5. The summed E-state index contributed by atoms with van der Waals surface area (Å²) in [4.78, 5) is 35.4. The molecule has 9 heteroatoms. The molecule has 1 saturated heterocycles. The summed E-state index contributed by atoms with van der Waals surface area (Å²) in [5.74, 6) is -0.728. The summed E-state index contributed by atoms with van der Waals surface area (Å²) in [5.41, 5.74) is 0.895. The number of aliphatic carboxylic acids is 1. The van der Waals surface area contributed by atoms with E-state index in [1.54, 1.807) is 38.1 Å².